The molecule has 0 fully saturated rings. The maximum absolute atomic E-state index is 12.1. The average molecular weight is 311 g/mol. The highest BCUT2D eigenvalue weighted by molar-refractivity contribution is 7.17. The largest absolute Gasteiger partial charge is 0.350 e. The summed E-state index contributed by atoms with van der Waals surface area (Å²) in [4.78, 5) is 15.2. The van der Waals surface area contributed by atoms with Crippen molar-refractivity contribution in [3.63, 3.8) is 0 Å². The third-order valence-electron chi connectivity index (χ3n) is 2.69. The number of H-pyrrole nitrogens is 1. The van der Waals surface area contributed by atoms with Crippen LogP contribution in [0.3, 0.4) is 0 Å². The van der Waals surface area contributed by atoms with Crippen LogP contribution in [0.1, 0.15) is 10.5 Å². The molecular formula is C13H8Cl2N2OS. The number of fused-ring (bicyclic) bond motifs is 1. The first-order chi connectivity index (χ1) is 9.15. The SMILES string of the molecule is O=C(Nc1c(Cl)cccc1Cl)c1cc2sccc2[nH]1. The fraction of sp³-hybridized carbons (Fsp3) is 0. The molecule has 6 heteroatoms. The van der Waals surface area contributed by atoms with Gasteiger partial charge in [0.2, 0.25) is 0 Å². The number of anilines is 1. The third-order valence-corrected chi connectivity index (χ3v) is 4.18. The van der Waals surface area contributed by atoms with Gasteiger partial charge in [-0.1, -0.05) is 29.3 Å². The minimum atomic E-state index is -0.265. The van der Waals surface area contributed by atoms with Crippen molar-refractivity contribution in [3.05, 3.63) is 51.5 Å². The predicted molar refractivity (Wildman–Crippen MR) is 80.6 cm³/mol. The van der Waals surface area contributed by atoms with Gasteiger partial charge in [-0.25, -0.2) is 0 Å². The summed E-state index contributed by atoms with van der Waals surface area (Å²) in [6.07, 6.45) is 0. The summed E-state index contributed by atoms with van der Waals surface area (Å²) in [6, 6.07) is 8.82. The van der Waals surface area contributed by atoms with Gasteiger partial charge in [-0.2, -0.15) is 0 Å². The van der Waals surface area contributed by atoms with Gasteiger partial charge in [0, 0.05) is 0 Å². The minimum absolute atomic E-state index is 0.265. The summed E-state index contributed by atoms with van der Waals surface area (Å²) in [6.45, 7) is 0. The molecule has 2 N–H and O–H groups in total. The van der Waals surface area contributed by atoms with Crippen LogP contribution in [0.4, 0.5) is 5.69 Å². The van der Waals surface area contributed by atoms with Gasteiger partial charge in [-0.05, 0) is 29.6 Å². The number of halogens is 2. The van der Waals surface area contributed by atoms with Gasteiger partial charge in [0.15, 0.2) is 0 Å². The van der Waals surface area contributed by atoms with Crippen LogP contribution in [0.2, 0.25) is 10.0 Å². The van der Waals surface area contributed by atoms with Crippen LogP contribution in [0.15, 0.2) is 35.7 Å². The first-order valence-electron chi connectivity index (χ1n) is 5.47. The van der Waals surface area contributed by atoms with Gasteiger partial charge in [0.1, 0.15) is 5.69 Å². The van der Waals surface area contributed by atoms with Gasteiger partial charge >= 0.3 is 0 Å². The Balaban J connectivity index is 1.91. The van der Waals surface area contributed by atoms with E-state index in [2.05, 4.69) is 10.3 Å². The molecule has 1 amide bonds. The number of rotatable bonds is 2. The Labute approximate surface area is 123 Å². The van der Waals surface area contributed by atoms with Crippen molar-refractivity contribution in [2.75, 3.05) is 5.32 Å². The molecule has 1 aromatic carbocycles. The molecule has 0 atom stereocenters. The average Bonchev–Trinajstić information content (AvgIpc) is 2.94. The zero-order valence-corrected chi connectivity index (χ0v) is 11.9. The van der Waals surface area contributed by atoms with E-state index in [9.17, 15) is 4.79 Å². The summed E-state index contributed by atoms with van der Waals surface area (Å²) >= 11 is 13.6. The molecule has 0 bridgehead atoms. The molecule has 2 heterocycles. The lowest BCUT2D eigenvalue weighted by atomic mass is 10.3. The molecule has 0 spiro atoms. The number of hydrogen-bond acceptors (Lipinski definition) is 2. The monoisotopic (exact) mass is 310 g/mol. The summed E-state index contributed by atoms with van der Waals surface area (Å²) in [5.41, 5.74) is 1.85. The Kier molecular flexibility index (Phi) is 3.22. The number of para-hydroxylation sites is 1. The van der Waals surface area contributed by atoms with Crippen molar-refractivity contribution in [2.24, 2.45) is 0 Å². The zero-order chi connectivity index (χ0) is 13.4. The van der Waals surface area contributed by atoms with Crippen molar-refractivity contribution in [1.29, 1.82) is 0 Å². The van der Waals surface area contributed by atoms with Crippen LogP contribution in [-0.4, -0.2) is 10.9 Å². The second kappa shape index (κ2) is 4.89. The molecule has 2 aromatic heterocycles. The van der Waals surface area contributed by atoms with E-state index in [4.69, 9.17) is 23.2 Å². The lowest BCUT2D eigenvalue weighted by molar-refractivity contribution is 0.102. The molecule has 3 rings (SSSR count). The van der Waals surface area contributed by atoms with E-state index in [1.165, 1.54) is 0 Å². The number of hydrogen-bond donors (Lipinski definition) is 2. The summed E-state index contributed by atoms with van der Waals surface area (Å²) in [5, 5.41) is 5.50. The van der Waals surface area contributed by atoms with Crippen LogP contribution < -0.4 is 5.32 Å². The van der Waals surface area contributed by atoms with Crippen LogP contribution >= 0.6 is 34.5 Å². The van der Waals surface area contributed by atoms with E-state index >= 15 is 0 Å². The molecule has 0 unspecified atom stereocenters. The Morgan fingerprint density at radius 2 is 1.95 bits per heavy atom. The molecule has 3 nitrogen and oxygen atoms in total. The van der Waals surface area contributed by atoms with Gasteiger partial charge in [0.25, 0.3) is 5.91 Å². The quantitative estimate of drug-likeness (QED) is 0.702. The van der Waals surface area contributed by atoms with Crippen LogP contribution in [0, 0.1) is 0 Å². The lowest BCUT2D eigenvalue weighted by Crippen LogP contribution is -2.12. The van der Waals surface area contributed by atoms with Gasteiger partial charge < -0.3 is 10.3 Å². The van der Waals surface area contributed by atoms with Gasteiger partial charge in [-0.15, -0.1) is 11.3 Å². The minimum Gasteiger partial charge on any atom is -0.350 e. The molecule has 96 valence electrons. The van der Waals surface area contributed by atoms with E-state index < -0.39 is 0 Å². The molecule has 0 aliphatic heterocycles. The highest BCUT2D eigenvalue weighted by Crippen LogP contribution is 2.30. The molecule has 0 radical (unpaired) electrons. The van der Waals surface area contributed by atoms with E-state index in [0.717, 1.165) is 10.2 Å². The van der Waals surface area contributed by atoms with Gasteiger partial charge in [-0.3, -0.25) is 4.79 Å². The summed E-state index contributed by atoms with van der Waals surface area (Å²) in [7, 11) is 0. The van der Waals surface area contributed by atoms with E-state index in [1.54, 1.807) is 35.6 Å². The molecule has 0 aliphatic rings. The number of amides is 1. The van der Waals surface area contributed by atoms with E-state index in [-0.39, 0.29) is 5.91 Å². The number of benzene rings is 1. The Morgan fingerprint density at radius 1 is 1.21 bits per heavy atom. The molecular weight excluding hydrogens is 303 g/mol. The van der Waals surface area contributed by atoms with Crippen LogP contribution in [-0.2, 0) is 0 Å². The number of aromatic amines is 1. The lowest BCUT2D eigenvalue weighted by Gasteiger charge is -2.07. The third kappa shape index (κ3) is 2.34. The highest BCUT2D eigenvalue weighted by atomic mass is 35.5. The zero-order valence-electron chi connectivity index (χ0n) is 9.54. The normalized spacial score (nSPS) is 10.8. The second-order valence-corrected chi connectivity index (χ2v) is 5.69. The summed E-state index contributed by atoms with van der Waals surface area (Å²) < 4.78 is 1.04. The number of nitrogens with one attached hydrogen (secondary N) is 2. The molecule has 0 saturated carbocycles. The number of carbonyl (C=O) groups is 1. The van der Waals surface area contributed by atoms with E-state index in [0.29, 0.717) is 21.4 Å². The summed E-state index contributed by atoms with van der Waals surface area (Å²) in [5.74, 6) is -0.265. The standard InChI is InChI=1S/C13H8Cl2N2OS/c14-7-2-1-3-8(15)12(7)17-13(18)10-6-11-9(16-10)4-5-19-11/h1-6,16H,(H,17,18). The fourth-order valence-electron chi connectivity index (χ4n) is 1.77. The van der Waals surface area contributed by atoms with Crippen molar-refractivity contribution in [3.8, 4) is 0 Å². The maximum atomic E-state index is 12.1. The molecule has 19 heavy (non-hydrogen) atoms. The maximum Gasteiger partial charge on any atom is 0.272 e. The smallest absolute Gasteiger partial charge is 0.272 e. The molecule has 3 aromatic rings. The van der Waals surface area contributed by atoms with Crippen molar-refractivity contribution in [1.82, 2.24) is 4.98 Å². The van der Waals surface area contributed by atoms with Crippen LogP contribution in [0.5, 0.6) is 0 Å². The Bertz CT molecular complexity index is 714. The molecule has 0 aliphatic carbocycles. The fourth-order valence-corrected chi connectivity index (χ4v) is 3.04. The number of aromatic nitrogens is 1. The van der Waals surface area contributed by atoms with Gasteiger partial charge in [0.05, 0.1) is 25.9 Å². The van der Waals surface area contributed by atoms with Crippen molar-refractivity contribution in [2.45, 2.75) is 0 Å². The Hall–Kier alpha value is -1.49. The first-order valence-corrected chi connectivity index (χ1v) is 7.10. The second-order valence-electron chi connectivity index (χ2n) is 3.93. The highest BCUT2D eigenvalue weighted by Gasteiger charge is 2.13. The topological polar surface area (TPSA) is 44.9 Å². The number of thiophene rings is 1. The van der Waals surface area contributed by atoms with Crippen molar-refractivity contribution < 1.29 is 4.79 Å². The molecule has 0 saturated heterocycles. The van der Waals surface area contributed by atoms with Crippen molar-refractivity contribution >= 4 is 56.3 Å². The number of carbonyl (C=O) groups excluding carboxylic acids is 1. The Morgan fingerprint density at radius 3 is 2.63 bits per heavy atom. The van der Waals surface area contributed by atoms with Crippen LogP contribution in [0.25, 0.3) is 10.2 Å². The predicted octanol–water partition coefficient (Wildman–Crippen LogP) is 4.79. The first kappa shape index (κ1) is 12.5. The van der Waals surface area contributed by atoms with E-state index in [1.807, 2.05) is 11.4 Å².